The summed E-state index contributed by atoms with van der Waals surface area (Å²) in [7, 11) is 0. The lowest BCUT2D eigenvalue weighted by atomic mass is 9.92. The first-order valence-corrected chi connectivity index (χ1v) is 8.91. The van der Waals surface area contributed by atoms with Crippen LogP contribution >= 0.6 is 11.6 Å². The summed E-state index contributed by atoms with van der Waals surface area (Å²) in [6.07, 6.45) is 3.00. The number of piperidine rings is 1. The Labute approximate surface area is 152 Å². The van der Waals surface area contributed by atoms with Gasteiger partial charge in [-0.05, 0) is 39.2 Å². The maximum atomic E-state index is 12.9. The van der Waals surface area contributed by atoms with Crippen LogP contribution in [0.15, 0.2) is 24.3 Å². The molecular weight excluding hydrogens is 342 g/mol. The molecule has 0 bridgehead atoms. The first-order chi connectivity index (χ1) is 11.8. The van der Waals surface area contributed by atoms with Gasteiger partial charge >= 0.3 is 6.03 Å². The van der Waals surface area contributed by atoms with Gasteiger partial charge in [-0.2, -0.15) is 0 Å². The number of hydrogen-bond acceptors (Lipinski definition) is 3. The van der Waals surface area contributed by atoms with Crippen LogP contribution in [0.4, 0.5) is 4.79 Å². The summed E-state index contributed by atoms with van der Waals surface area (Å²) in [6.45, 7) is 4.04. The molecule has 1 aromatic rings. The number of benzene rings is 1. The van der Waals surface area contributed by atoms with Crippen molar-refractivity contribution in [1.29, 1.82) is 0 Å². The Morgan fingerprint density at radius 1 is 1.32 bits per heavy atom. The molecule has 2 fully saturated rings. The van der Waals surface area contributed by atoms with Gasteiger partial charge in [0.15, 0.2) is 0 Å². The normalized spacial score (nSPS) is 26.8. The fourth-order valence-electron chi connectivity index (χ4n) is 3.58. The number of halogens is 1. The minimum atomic E-state index is -1.26. The van der Waals surface area contributed by atoms with Crippen LogP contribution in [0.1, 0.15) is 38.7 Å². The summed E-state index contributed by atoms with van der Waals surface area (Å²) >= 11 is 6.20. The second kappa shape index (κ2) is 6.67. The van der Waals surface area contributed by atoms with Crippen LogP contribution in [0.3, 0.4) is 0 Å². The second-order valence-corrected chi connectivity index (χ2v) is 7.27. The second-order valence-electron chi connectivity index (χ2n) is 6.86. The average Bonchev–Trinajstić information content (AvgIpc) is 2.79. The molecule has 0 aliphatic carbocycles. The van der Waals surface area contributed by atoms with Crippen LogP contribution in [-0.4, -0.2) is 46.8 Å². The van der Waals surface area contributed by atoms with E-state index in [9.17, 15) is 14.4 Å². The van der Waals surface area contributed by atoms with E-state index < -0.39 is 17.5 Å². The Morgan fingerprint density at radius 2 is 2.04 bits per heavy atom. The van der Waals surface area contributed by atoms with Gasteiger partial charge in [0, 0.05) is 23.2 Å². The topological polar surface area (TPSA) is 69.7 Å². The van der Waals surface area contributed by atoms with Crippen LogP contribution in [0.2, 0.25) is 5.02 Å². The molecule has 6 nitrogen and oxygen atoms in total. The largest absolute Gasteiger partial charge is 0.338 e. The van der Waals surface area contributed by atoms with Crippen LogP contribution in [-0.2, 0) is 15.1 Å². The predicted molar refractivity (Wildman–Crippen MR) is 94.1 cm³/mol. The molecule has 1 aromatic carbocycles. The first-order valence-electron chi connectivity index (χ1n) is 8.53. The molecule has 2 aliphatic rings. The molecule has 134 valence electrons. The van der Waals surface area contributed by atoms with Crippen molar-refractivity contribution in [2.75, 3.05) is 13.1 Å². The monoisotopic (exact) mass is 363 g/mol. The Hall–Kier alpha value is -2.08. The number of nitrogens with one attached hydrogen (secondary N) is 1. The zero-order chi connectivity index (χ0) is 18.2. The molecule has 0 unspecified atom stereocenters. The standard InChI is InChI=1S/C18H22ClN3O3/c1-12-7-5-6-10-21(12)15(23)11-22-16(24)18(2,20-17(22)25)13-8-3-4-9-14(13)19/h3-4,8-9,12H,5-7,10-11H2,1-2H3,(H,20,25)/t12-,18-/m1/s1. The van der Waals surface area contributed by atoms with Crippen molar-refractivity contribution in [2.45, 2.75) is 44.7 Å². The third kappa shape index (κ3) is 3.11. The summed E-state index contributed by atoms with van der Waals surface area (Å²) in [4.78, 5) is 40.6. The van der Waals surface area contributed by atoms with Gasteiger partial charge in [-0.15, -0.1) is 0 Å². The Balaban J connectivity index is 1.80. The highest BCUT2D eigenvalue weighted by molar-refractivity contribution is 6.32. The molecule has 7 heteroatoms. The van der Waals surface area contributed by atoms with E-state index in [1.807, 2.05) is 6.92 Å². The lowest BCUT2D eigenvalue weighted by Gasteiger charge is -2.34. The van der Waals surface area contributed by atoms with Crippen molar-refractivity contribution in [3.63, 3.8) is 0 Å². The molecule has 0 spiro atoms. The summed E-state index contributed by atoms with van der Waals surface area (Å²) in [5.74, 6) is -0.650. The van der Waals surface area contributed by atoms with Crippen LogP contribution < -0.4 is 5.32 Å². The summed E-state index contributed by atoms with van der Waals surface area (Å²) in [5, 5.41) is 3.09. The highest BCUT2D eigenvalue weighted by atomic mass is 35.5. The number of rotatable bonds is 3. The van der Waals surface area contributed by atoms with Crippen LogP contribution in [0.25, 0.3) is 0 Å². The number of likely N-dealkylation sites (tertiary alicyclic amines) is 1. The number of hydrogen-bond donors (Lipinski definition) is 1. The molecule has 2 heterocycles. The van der Waals surface area contributed by atoms with E-state index in [-0.39, 0.29) is 18.5 Å². The molecule has 1 N–H and O–H groups in total. The van der Waals surface area contributed by atoms with Gasteiger partial charge < -0.3 is 10.2 Å². The predicted octanol–water partition coefficient (Wildman–Crippen LogP) is 2.51. The number of imide groups is 1. The molecule has 0 radical (unpaired) electrons. The average molecular weight is 364 g/mol. The van der Waals surface area contributed by atoms with Gasteiger partial charge in [-0.25, -0.2) is 4.79 Å². The summed E-state index contributed by atoms with van der Waals surface area (Å²) in [6, 6.07) is 6.47. The summed E-state index contributed by atoms with van der Waals surface area (Å²) in [5.41, 5.74) is -0.736. The molecule has 2 saturated heterocycles. The van der Waals surface area contributed by atoms with Crippen molar-refractivity contribution >= 4 is 29.4 Å². The van der Waals surface area contributed by atoms with E-state index in [1.54, 1.807) is 36.1 Å². The first kappa shape index (κ1) is 17.7. The van der Waals surface area contributed by atoms with Crippen molar-refractivity contribution in [3.05, 3.63) is 34.9 Å². The smallest absolute Gasteiger partial charge is 0.325 e. The van der Waals surface area contributed by atoms with E-state index in [0.717, 1.165) is 24.2 Å². The van der Waals surface area contributed by atoms with Gasteiger partial charge in [0.05, 0.1) is 0 Å². The van der Waals surface area contributed by atoms with Crippen molar-refractivity contribution < 1.29 is 14.4 Å². The minimum absolute atomic E-state index is 0.136. The minimum Gasteiger partial charge on any atom is -0.338 e. The Morgan fingerprint density at radius 3 is 2.72 bits per heavy atom. The maximum Gasteiger partial charge on any atom is 0.325 e. The molecule has 25 heavy (non-hydrogen) atoms. The van der Waals surface area contributed by atoms with Gasteiger partial charge in [0.2, 0.25) is 5.91 Å². The van der Waals surface area contributed by atoms with Gasteiger partial charge in [0.25, 0.3) is 5.91 Å². The lowest BCUT2D eigenvalue weighted by molar-refractivity contribution is -0.140. The fourth-order valence-corrected chi connectivity index (χ4v) is 3.91. The van der Waals surface area contributed by atoms with Crippen LogP contribution in [0.5, 0.6) is 0 Å². The van der Waals surface area contributed by atoms with Crippen molar-refractivity contribution in [3.8, 4) is 0 Å². The van der Waals surface area contributed by atoms with Gasteiger partial charge in [0.1, 0.15) is 12.1 Å². The summed E-state index contributed by atoms with van der Waals surface area (Å²) < 4.78 is 0. The Kier molecular flexibility index (Phi) is 4.73. The van der Waals surface area contributed by atoms with Crippen molar-refractivity contribution in [1.82, 2.24) is 15.1 Å². The lowest BCUT2D eigenvalue weighted by Crippen LogP contribution is -2.48. The zero-order valence-electron chi connectivity index (χ0n) is 14.4. The molecule has 3 rings (SSSR count). The van der Waals surface area contributed by atoms with Gasteiger partial charge in [-0.3, -0.25) is 14.5 Å². The third-order valence-corrected chi connectivity index (χ3v) is 5.43. The number of urea groups is 1. The van der Waals surface area contributed by atoms with E-state index >= 15 is 0 Å². The molecular formula is C18H22ClN3O3. The maximum absolute atomic E-state index is 12.9. The van der Waals surface area contributed by atoms with Crippen LogP contribution in [0, 0.1) is 0 Å². The molecule has 4 amide bonds. The third-order valence-electron chi connectivity index (χ3n) is 5.10. The highest BCUT2D eigenvalue weighted by Crippen LogP contribution is 2.33. The van der Waals surface area contributed by atoms with Gasteiger partial charge in [-0.1, -0.05) is 29.8 Å². The molecule has 2 atom stereocenters. The number of carbonyl (C=O) groups is 3. The van der Waals surface area contributed by atoms with E-state index in [2.05, 4.69) is 5.32 Å². The number of carbonyl (C=O) groups excluding carboxylic acids is 3. The fraction of sp³-hybridized carbons (Fsp3) is 0.500. The van der Waals surface area contributed by atoms with E-state index in [1.165, 1.54) is 0 Å². The quantitative estimate of drug-likeness (QED) is 0.839. The van der Waals surface area contributed by atoms with E-state index in [4.69, 9.17) is 11.6 Å². The van der Waals surface area contributed by atoms with E-state index in [0.29, 0.717) is 17.1 Å². The molecule has 0 saturated carbocycles. The zero-order valence-corrected chi connectivity index (χ0v) is 15.2. The number of nitrogens with zero attached hydrogens (tertiary/aromatic N) is 2. The van der Waals surface area contributed by atoms with Crippen molar-refractivity contribution in [2.24, 2.45) is 0 Å². The SMILES string of the molecule is C[C@@H]1CCCCN1C(=O)CN1C(=O)N[C@](C)(c2ccccc2Cl)C1=O. The molecule has 2 aliphatic heterocycles. The highest BCUT2D eigenvalue weighted by Gasteiger charge is 2.50. The number of amides is 4. The molecule has 0 aromatic heterocycles. The Bertz CT molecular complexity index is 723.